The van der Waals surface area contributed by atoms with Crippen molar-refractivity contribution in [2.24, 2.45) is 5.84 Å². The lowest BCUT2D eigenvalue weighted by molar-refractivity contribution is -0.129. The predicted molar refractivity (Wildman–Crippen MR) is 112 cm³/mol. The van der Waals surface area contributed by atoms with E-state index < -0.39 is 41.5 Å². The molecule has 0 saturated carbocycles. The molecule has 0 bridgehead atoms. The Morgan fingerprint density at radius 2 is 1.87 bits per heavy atom. The third-order valence-electron chi connectivity index (χ3n) is 3.93. The Morgan fingerprint density at radius 1 is 1.17 bits per heavy atom. The highest BCUT2D eigenvalue weighted by atomic mass is 32.2. The van der Waals surface area contributed by atoms with E-state index in [0.717, 1.165) is 19.3 Å². The molecule has 172 valence electrons. The average molecular weight is 448 g/mol. The van der Waals surface area contributed by atoms with Crippen molar-refractivity contribution in [1.29, 1.82) is 0 Å². The van der Waals surface area contributed by atoms with Gasteiger partial charge in [0.15, 0.2) is 0 Å². The molecule has 6 N–H and O–H groups in total. The zero-order valence-corrected chi connectivity index (χ0v) is 18.7. The summed E-state index contributed by atoms with van der Waals surface area (Å²) in [4.78, 5) is 47.9. The topological polar surface area (TPSA) is 161 Å². The molecule has 30 heavy (non-hydrogen) atoms. The summed E-state index contributed by atoms with van der Waals surface area (Å²) in [5.74, 6) is 3.80. The second-order valence-corrected chi connectivity index (χ2v) is 9.04. The van der Waals surface area contributed by atoms with Crippen molar-refractivity contribution >= 4 is 35.6 Å². The minimum Gasteiger partial charge on any atom is -0.444 e. The molecule has 1 heterocycles. The smallest absolute Gasteiger partial charge is 0.408 e. The molecule has 0 aromatic rings. The zero-order valence-electron chi connectivity index (χ0n) is 17.9. The van der Waals surface area contributed by atoms with Crippen LogP contribution in [0.25, 0.3) is 0 Å². The molecule has 0 aliphatic carbocycles. The fourth-order valence-electron chi connectivity index (χ4n) is 2.45. The summed E-state index contributed by atoms with van der Waals surface area (Å²) < 4.78 is 10.7. The van der Waals surface area contributed by atoms with Gasteiger partial charge in [0.25, 0.3) is 5.91 Å². The number of nitrogens with one attached hydrogen (secondary N) is 4. The third kappa shape index (κ3) is 10.6. The first-order valence-corrected chi connectivity index (χ1v) is 10.9. The van der Waals surface area contributed by atoms with E-state index in [4.69, 9.17) is 15.3 Å². The van der Waals surface area contributed by atoms with Gasteiger partial charge in [-0.15, -0.1) is 11.8 Å². The van der Waals surface area contributed by atoms with Crippen molar-refractivity contribution in [3.8, 4) is 0 Å². The van der Waals surface area contributed by atoms with Crippen LogP contribution in [0.1, 0.15) is 47.0 Å². The zero-order chi connectivity index (χ0) is 22.7. The molecule has 3 atom stereocenters. The quantitative estimate of drug-likeness (QED) is 0.184. The molecule has 0 aromatic carbocycles. The van der Waals surface area contributed by atoms with Crippen molar-refractivity contribution in [3.63, 3.8) is 0 Å². The van der Waals surface area contributed by atoms with Crippen molar-refractivity contribution in [1.82, 2.24) is 21.4 Å². The number of amides is 4. The number of ether oxygens (including phenoxy) is 2. The minimum absolute atomic E-state index is 0.0248. The Labute approximate surface area is 180 Å². The van der Waals surface area contributed by atoms with Gasteiger partial charge >= 0.3 is 6.09 Å². The van der Waals surface area contributed by atoms with E-state index >= 15 is 0 Å². The summed E-state index contributed by atoms with van der Waals surface area (Å²) in [5.41, 5.74) is 1.31. The molecule has 0 radical (unpaired) electrons. The second kappa shape index (κ2) is 12.6. The summed E-state index contributed by atoms with van der Waals surface area (Å²) >= 11 is 1.43. The molecule has 11 nitrogen and oxygen atoms in total. The van der Waals surface area contributed by atoms with E-state index in [1.165, 1.54) is 18.7 Å². The molecule has 0 aromatic heterocycles. The lowest BCUT2D eigenvalue weighted by Gasteiger charge is -2.24. The van der Waals surface area contributed by atoms with Crippen molar-refractivity contribution in [2.75, 3.05) is 18.9 Å². The van der Waals surface area contributed by atoms with Crippen molar-refractivity contribution in [3.05, 3.63) is 0 Å². The Bertz CT molecular complexity index is 606. The van der Waals surface area contributed by atoms with Gasteiger partial charge in [0, 0.05) is 12.4 Å². The van der Waals surface area contributed by atoms with Gasteiger partial charge < -0.3 is 25.4 Å². The highest BCUT2D eigenvalue weighted by molar-refractivity contribution is 7.99. The molecule has 0 unspecified atom stereocenters. The van der Waals surface area contributed by atoms with Gasteiger partial charge in [0.05, 0.1) is 6.54 Å². The lowest BCUT2D eigenvalue weighted by Crippen LogP contribution is -2.53. The summed E-state index contributed by atoms with van der Waals surface area (Å²) in [5, 5.41) is 7.32. The molecule has 12 heteroatoms. The summed E-state index contributed by atoms with van der Waals surface area (Å²) in [7, 11) is 0. The van der Waals surface area contributed by atoms with Gasteiger partial charge in [-0.2, -0.15) is 0 Å². The molecule has 4 amide bonds. The van der Waals surface area contributed by atoms with Crippen LogP contribution in [0.3, 0.4) is 0 Å². The van der Waals surface area contributed by atoms with Crippen LogP contribution in [0.4, 0.5) is 4.79 Å². The standard InChI is InChI=1S/C18H33N5O6S/c1-11(21-17(27)29-18(2,3)4)15(25)20-9-13(24)22-12(16(26)23-19)10-30-14-7-5-6-8-28-14/h11-12,14H,5-10,19H2,1-4H3,(H,20,25)(H,21,27)(H,22,24)(H,23,26)/t11-,12+,14+/m0/s1. The molecule has 1 fully saturated rings. The van der Waals surface area contributed by atoms with Crippen LogP contribution < -0.4 is 27.2 Å². The third-order valence-corrected chi connectivity index (χ3v) is 5.20. The maximum absolute atomic E-state index is 12.2. The molecule has 1 saturated heterocycles. The summed E-state index contributed by atoms with van der Waals surface area (Å²) in [6.07, 6.45) is 2.21. The normalized spacial score (nSPS) is 18.5. The van der Waals surface area contributed by atoms with E-state index in [1.54, 1.807) is 20.8 Å². The number of hydrazine groups is 1. The van der Waals surface area contributed by atoms with Crippen LogP contribution in [0.2, 0.25) is 0 Å². The maximum Gasteiger partial charge on any atom is 0.408 e. The minimum atomic E-state index is -0.908. The Hall–Kier alpha value is -2.05. The lowest BCUT2D eigenvalue weighted by atomic mass is 10.2. The summed E-state index contributed by atoms with van der Waals surface area (Å²) in [6, 6.07) is -1.78. The fraction of sp³-hybridized carbons (Fsp3) is 0.778. The number of carbonyl (C=O) groups excluding carboxylic acids is 4. The van der Waals surface area contributed by atoms with Gasteiger partial charge in [-0.1, -0.05) is 0 Å². The first kappa shape index (κ1) is 26.0. The first-order chi connectivity index (χ1) is 14.0. The molecule has 1 aliphatic rings. The molecule has 1 aliphatic heterocycles. The van der Waals surface area contributed by atoms with Crippen LogP contribution in [0.5, 0.6) is 0 Å². The number of thioether (sulfide) groups is 1. The molecular formula is C18H33N5O6S. The number of hydrogen-bond donors (Lipinski definition) is 5. The van der Waals surface area contributed by atoms with Gasteiger partial charge in [0.1, 0.15) is 23.1 Å². The monoisotopic (exact) mass is 447 g/mol. The van der Waals surface area contributed by atoms with E-state index in [-0.39, 0.29) is 17.7 Å². The number of alkyl carbamates (subject to hydrolysis) is 1. The van der Waals surface area contributed by atoms with Crippen LogP contribution in [-0.4, -0.2) is 65.8 Å². The molecule has 0 spiro atoms. The summed E-state index contributed by atoms with van der Waals surface area (Å²) in [6.45, 7) is 6.89. The van der Waals surface area contributed by atoms with Gasteiger partial charge in [0.2, 0.25) is 11.8 Å². The van der Waals surface area contributed by atoms with E-state index in [0.29, 0.717) is 6.61 Å². The number of carbonyl (C=O) groups is 4. The predicted octanol–water partition coefficient (Wildman–Crippen LogP) is -0.250. The average Bonchev–Trinajstić information content (AvgIpc) is 2.67. The number of nitrogens with two attached hydrogens (primary N) is 1. The van der Waals surface area contributed by atoms with Gasteiger partial charge in [-0.3, -0.25) is 19.8 Å². The second-order valence-electron chi connectivity index (χ2n) is 7.84. The van der Waals surface area contributed by atoms with Crippen molar-refractivity contribution in [2.45, 2.75) is 70.1 Å². The Kier molecular flexibility index (Phi) is 10.9. The first-order valence-electron chi connectivity index (χ1n) is 9.82. The Morgan fingerprint density at radius 3 is 2.43 bits per heavy atom. The van der Waals surface area contributed by atoms with E-state index in [2.05, 4.69) is 16.0 Å². The number of rotatable bonds is 9. The highest BCUT2D eigenvalue weighted by Crippen LogP contribution is 2.23. The van der Waals surface area contributed by atoms with E-state index in [1.807, 2.05) is 5.43 Å². The van der Waals surface area contributed by atoms with Gasteiger partial charge in [-0.25, -0.2) is 10.6 Å². The molecular weight excluding hydrogens is 414 g/mol. The largest absolute Gasteiger partial charge is 0.444 e. The van der Waals surface area contributed by atoms with Crippen LogP contribution in [0, 0.1) is 0 Å². The maximum atomic E-state index is 12.2. The number of hydrogen-bond acceptors (Lipinski definition) is 8. The fourth-order valence-corrected chi connectivity index (χ4v) is 3.61. The van der Waals surface area contributed by atoms with E-state index in [9.17, 15) is 19.2 Å². The Balaban J connectivity index is 2.43. The van der Waals surface area contributed by atoms with Crippen LogP contribution >= 0.6 is 11.8 Å². The van der Waals surface area contributed by atoms with Crippen LogP contribution in [-0.2, 0) is 23.9 Å². The van der Waals surface area contributed by atoms with Gasteiger partial charge in [-0.05, 0) is 47.0 Å². The van der Waals surface area contributed by atoms with Crippen LogP contribution in [0.15, 0.2) is 0 Å². The highest BCUT2D eigenvalue weighted by Gasteiger charge is 2.25. The van der Waals surface area contributed by atoms with Crippen molar-refractivity contribution < 1.29 is 28.7 Å². The molecule has 1 rings (SSSR count). The SMILES string of the molecule is C[C@H](NC(=O)OC(C)(C)C)C(=O)NCC(=O)N[C@H](CS[C@@H]1CCCCO1)C(=O)NN.